The molecule has 0 atom stereocenters. The first-order valence-corrected chi connectivity index (χ1v) is 8.02. The number of anilines is 2. The minimum absolute atomic E-state index is 0.398. The first kappa shape index (κ1) is 14.6. The lowest BCUT2D eigenvalue weighted by Gasteiger charge is -2.25. The topological polar surface area (TPSA) is 113 Å². The maximum absolute atomic E-state index is 11.3. The van der Waals surface area contributed by atoms with Gasteiger partial charge in [-0.25, -0.2) is 18.1 Å². The Morgan fingerprint density at radius 1 is 1.40 bits per heavy atom. The van der Waals surface area contributed by atoms with E-state index in [-0.39, 0.29) is 0 Å². The van der Waals surface area contributed by atoms with E-state index in [4.69, 9.17) is 5.73 Å². The standard InChI is InChI=1S/C12H19N5O2S/c1-12(2,17-20(3,18)19)7-14-11-15-9-5-4-8(13)6-10(9)16-11/h4-6,17H,7,13H2,1-3H3,(H2,14,15,16). The van der Waals surface area contributed by atoms with Crippen LogP contribution in [0.4, 0.5) is 11.6 Å². The van der Waals surface area contributed by atoms with Crippen LogP contribution < -0.4 is 15.8 Å². The molecule has 0 saturated heterocycles. The van der Waals surface area contributed by atoms with Gasteiger partial charge in [-0.2, -0.15) is 0 Å². The molecule has 0 saturated carbocycles. The summed E-state index contributed by atoms with van der Waals surface area (Å²) in [6, 6.07) is 5.40. The average molecular weight is 297 g/mol. The second-order valence-electron chi connectivity index (χ2n) is 5.47. The summed E-state index contributed by atoms with van der Waals surface area (Å²) >= 11 is 0. The Kier molecular flexibility index (Phi) is 3.61. The number of nitrogens with one attached hydrogen (secondary N) is 3. The Hall–Kier alpha value is -1.80. The number of nitrogens with zero attached hydrogens (tertiary/aromatic N) is 1. The van der Waals surface area contributed by atoms with Gasteiger partial charge in [0.15, 0.2) is 0 Å². The summed E-state index contributed by atoms with van der Waals surface area (Å²) in [6.07, 6.45) is 1.14. The van der Waals surface area contributed by atoms with Gasteiger partial charge < -0.3 is 16.0 Å². The number of aromatic nitrogens is 2. The van der Waals surface area contributed by atoms with E-state index >= 15 is 0 Å². The van der Waals surface area contributed by atoms with Crippen molar-refractivity contribution in [3.05, 3.63) is 18.2 Å². The molecule has 0 fully saturated rings. The Morgan fingerprint density at radius 3 is 2.75 bits per heavy atom. The van der Waals surface area contributed by atoms with Crippen LogP contribution in [0.2, 0.25) is 0 Å². The highest BCUT2D eigenvalue weighted by atomic mass is 32.2. The van der Waals surface area contributed by atoms with Crippen molar-refractivity contribution in [1.29, 1.82) is 0 Å². The van der Waals surface area contributed by atoms with Crippen molar-refractivity contribution < 1.29 is 8.42 Å². The van der Waals surface area contributed by atoms with Gasteiger partial charge in [0.05, 0.1) is 17.3 Å². The Balaban J connectivity index is 2.09. The third-order valence-electron chi connectivity index (χ3n) is 2.67. The van der Waals surface area contributed by atoms with Gasteiger partial charge in [0.2, 0.25) is 16.0 Å². The molecule has 8 heteroatoms. The van der Waals surface area contributed by atoms with Gasteiger partial charge in [-0.05, 0) is 32.0 Å². The van der Waals surface area contributed by atoms with Crippen molar-refractivity contribution in [3.8, 4) is 0 Å². The Bertz CT molecular complexity index is 721. The maximum atomic E-state index is 11.3. The molecule has 0 amide bonds. The highest BCUT2D eigenvalue weighted by Gasteiger charge is 2.22. The van der Waals surface area contributed by atoms with Crippen LogP contribution in [0.1, 0.15) is 13.8 Å². The number of H-pyrrole nitrogens is 1. The summed E-state index contributed by atoms with van der Waals surface area (Å²) in [7, 11) is -3.25. The predicted octanol–water partition coefficient (Wildman–Crippen LogP) is 0.885. The number of hydrogen-bond donors (Lipinski definition) is 4. The normalized spacial score (nSPS) is 12.8. The maximum Gasteiger partial charge on any atom is 0.209 e. The van der Waals surface area contributed by atoms with Crippen molar-refractivity contribution in [2.45, 2.75) is 19.4 Å². The van der Waals surface area contributed by atoms with Crippen LogP contribution in [0.25, 0.3) is 11.0 Å². The zero-order chi connectivity index (χ0) is 15.0. The largest absolute Gasteiger partial charge is 0.399 e. The fourth-order valence-electron chi connectivity index (χ4n) is 1.95. The highest BCUT2D eigenvalue weighted by Crippen LogP contribution is 2.17. The molecular weight excluding hydrogens is 278 g/mol. The fourth-order valence-corrected chi connectivity index (χ4v) is 3.03. The second-order valence-corrected chi connectivity index (χ2v) is 7.22. The van der Waals surface area contributed by atoms with Crippen LogP contribution in [-0.2, 0) is 10.0 Å². The predicted molar refractivity (Wildman–Crippen MR) is 81.1 cm³/mol. The third-order valence-corrected chi connectivity index (χ3v) is 3.59. The first-order valence-electron chi connectivity index (χ1n) is 6.13. The number of hydrogen-bond acceptors (Lipinski definition) is 5. The smallest absolute Gasteiger partial charge is 0.209 e. The summed E-state index contributed by atoms with van der Waals surface area (Å²) in [5, 5.41) is 3.08. The second kappa shape index (κ2) is 4.95. The molecule has 5 N–H and O–H groups in total. The minimum Gasteiger partial charge on any atom is -0.399 e. The molecule has 0 bridgehead atoms. The zero-order valence-corrected chi connectivity index (χ0v) is 12.5. The van der Waals surface area contributed by atoms with E-state index in [1.165, 1.54) is 0 Å². The summed E-state index contributed by atoms with van der Waals surface area (Å²) in [4.78, 5) is 7.45. The van der Waals surface area contributed by atoms with Crippen molar-refractivity contribution in [3.63, 3.8) is 0 Å². The van der Waals surface area contributed by atoms with Gasteiger partial charge in [0.1, 0.15) is 0 Å². The van der Waals surface area contributed by atoms with E-state index in [1.54, 1.807) is 26.0 Å². The first-order chi connectivity index (χ1) is 9.15. The molecule has 0 aliphatic carbocycles. The van der Waals surface area contributed by atoms with Crippen LogP contribution in [0, 0.1) is 0 Å². The number of sulfonamides is 1. The van der Waals surface area contributed by atoms with Crippen LogP contribution in [-0.4, -0.2) is 36.7 Å². The summed E-state index contributed by atoms with van der Waals surface area (Å²) in [5.74, 6) is 0.578. The number of nitrogens with two attached hydrogens (primary N) is 1. The van der Waals surface area contributed by atoms with Gasteiger partial charge in [-0.3, -0.25) is 0 Å². The molecule has 1 heterocycles. The number of imidazole rings is 1. The lowest BCUT2D eigenvalue weighted by molar-refractivity contribution is 0.475. The van der Waals surface area contributed by atoms with Crippen LogP contribution in [0.3, 0.4) is 0 Å². The fraction of sp³-hybridized carbons (Fsp3) is 0.417. The summed E-state index contributed by atoms with van der Waals surface area (Å²) in [5.41, 5.74) is 7.38. The Labute approximate surface area is 118 Å². The molecule has 0 aliphatic heterocycles. The molecule has 20 heavy (non-hydrogen) atoms. The molecule has 0 aliphatic rings. The van der Waals surface area contributed by atoms with Crippen molar-refractivity contribution in [2.75, 3.05) is 23.9 Å². The third kappa shape index (κ3) is 3.84. The van der Waals surface area contributed by atoms with E-state index in [1.807, 2.05) is 6.07 Å². The van der Waals surface area contributed by atoms with E-state index < -0.39 is 15.6 Å². The quantitative estimate of drug-likeness (QED) is 0.612. The molecule has 7 nitrogen and oxygen atoms in total. The average Bonchev–Trinajstić information content (AvgIpc) is 2.65. The van der Waals surface area contributed by atoms with Gasteiger partial charge >= 0.3 is 0 Å². The van der Waals surface area contributed by atoms with E-state index in [0.717, 1.165) is 17.3 Å². The van der Waals surface area contributed by atoms with Crippen molar-refractivity contribution in [1.82, 2.24) is 14.7 Å². The molecule has 110 valence electrons. The number of benzene rings is 1. The highest BCUT2D eigenvalue weighted by molar-refractivity contribution is 7.88. The van der Waals surface area contributed by atoms with Gasteiger partial charge in [-0.1, -0.05) is 0 Å². The van der Waals surface area contributed by atoms with E-state index in [2.05, 4.69) is 20.0 Å². The molecule has 0 spiro atoms. The molecule has 2 rings (SSSR count). The lowest BCUT2D eigenvalue weighted by atomic mass is 10.1. The van der Waals surface area contributed by atoms with E-state index in [0.29, 0.717) is 18.2 Å². The zero-order valence-electron chi connectivity index (χ0n) is 11.7. The molecule has 1 aromatic carbocycles. The lowest BCUT2D eigenvalue weighted by Crippen LogP contribution is -2.47. The van der Waals surface area contributed by atoms with Gasteiger partial charge in [0, 0.05) is 17.8 Å². The monoisotopic (exact) mass is 297 g/mol. The molecule has 0 unspecified atom stereocenters. The molecular formula is C12H19N5O2S. The molecule has 0 radical (unpaired) electrons. The minimum atomic E-state index is -3.25. The number of aromatic amines is 1. The number of nitrogen functional groups attached to an aromatic ring is 1. The van der Waals surface area contributed by atoms with Crippen LogP contribution in [0.15, 0.2) is 18.2 Å². The number of fused-ring (bicyclic) bond motifs is 1. The van der Waals surface area contributed by atoms with Crippen LogP contribution in [0.5, 0.6) is 0 Å². The Morgan fingerprint density at radius 2 is 2.10 bits per heavy atom. The van der Waals surface area contributed by atoms with Crippen molar-refractivity contribution >= 4 is 32.7 Å². The summed E-state index contributed by atoms with van der Waals surface area (Å²) in [6.45, 7) is 3.98. The summed E-state index contributed by atoms with van der Waals surface area (Å²) < 4.78 is 25.1. The van der Waals surface area contributed by atoms with Crippen molar-refractivity contribution in [2.24, 2.45) is 0 Å². The van der Waals surface area contributed by atoms with E-state index in [9.17, 15) is 8.42 Å². The van der Waals surface area contributed by atoms with Gasteiger partial charge in [-0.15, -0.1) is 0 Å². The van der Waals surface area contributed by atoms with Gasteiger partial charge in [0.25, 0.3) is 0 Å². The van der Waals surface area contributed by atoms with Crippen LogP contribution >= 0.6 is 0 Å². The SMILES string of the molecule is CC(C)(CNc1nc2ccc(N)cc2[nH]1)NS(C)(=O)=O. The molecule has 2 aromatic rings. The molecule has 1 aromatic heterocycles. The number of rotatable bonds is 5.